The van der Waals surface area contributed by atoms with Crippen LogP contribution in [-0.2, 0) is 4.79 Å². The van der Waals surface area contributed by atoms with Gasteiger partial charge in [0.25, 0.3) is 5.91 Å². The standard InChI is InChI=1S/C12H15N3O2/c1-7-5-11(16)15-10-6-8(12(17)13-2)3-4-9(10)14-7/h3-4,6-7,14H,5H2,1-2H3,(H,13,17)(H,15,16)/t7-/m1/s1. The lowest BCUT2D eigenvalue weighted by Crippen LogP contribution is -2.18. The maximum atomic E-state index is 11.6. The van der Waals surface area contributed by atoms with Gasteiger partial charge in [0.15, 0.2) is 0 Å². The van der Waals surface area contributed by atoms with Gasteiger partial charge in [0.05, 0.1) is 11.4 Å². The largest absolute Gasteiger partial charge is 0.380 e. The van der Waals surface area contributed by atoms with Crippen molar-refractivity contribution < 1.29 is 9.59 Å². The van der Waals surface area contributed by atoms with Gasteiger partial charge in [-0.05, 0) is 25.1 Å². The maximum absolute atomic E-state index is 11.6. The minimum Gasteiger partial charge on any atom is -0.380 e. The summed E-state index contributed by atoms with van der Waals surface area (Å²) in [5.74, 6) is -0.211. The predicted molar refractivity (Wildman–Crippen MR) is 66.2 cm³/mol. The van der Waals surface area contributed by atoms with Crippen molar-refractivity contribution in [2.24, 2.45) is 0 Å². The summed E-state index contributed by atoms with van der Waals surface area (Å²) in [6.07, 6.45) is 0.421. The van der Waals surface area contributed by atoms with Crippen molar-refractivity contribution in [1.29, 1.82) is 0 Å². The van der Waals surface area contributed by atoms with Crippen molar-refractivity contribution >= 4 is 23.2 Å². The molecule has 5 heteroatoms. The van der Waals surface area contributed by atoms with E-state index in [1.165, 1.54) is 0 Å². The van der Waals surface area contributed by atoms with Crippen molar-refractivity contribution in [3.63, 3.8) is 0 Å². The first-order valence-electron chi connectivity index (χ1n) is 5.52. The van der Waals surface area contributed by atoms with Crippen LogP contribution in [-0.4, -0.2) is 24.9 Å². The lowest BCUT2D eigenvalue weighted by Gasteiger charge is -2.12. The molecule has 2 amide bonds. The van der Waals surface area contributed by atoms with E-state index in [0.29, 0.717) is 17.7 Å². The van der Waals surface area contributed by atoms with Gasteiger partial charge in [-0.3, -0.25) is 9.59 Å². The number of rotatable bonds is 1. The summed E-state index contributed by atoms with van der Waals surface area (Å²) in [6, 6.07) is 5.30. The van der Waals surface area contributed by atoms with Gasteiger partial charge in [0, 0.05) is 25.1 Å². The van der Waals surface area contributed by atoms with Crippen molar-refractivity contribution in [3.05, 3.63) is 23.8 Å². The molecule has 17 heavy (non-hydrogen) atoms. The van der Waals surface area contributed by atoms with E-state index in [1.807, 2.05) is 13.0 Å². The van der Waals surface area contributed by atoms with Crippen LogP contribution in [0.1, 0.15) is 23.7 Å². The minimum absolute atomic E-state index is 0.0437. The fourth-order valence-corrected chi connectivity index (χ4v) is 1.85. The van der Waals surface area contributed by atoms with Crippen LogP contribution >= 0.6 is 0 Å². The number of benzene rings is 1. The van der Waals surface area contributed by atoms with E-state index in [1.54, 1.807) is 19.2 Å². The van der Waals surface area contributed by atoms with E-state index in [4.69, 9.17) is 0 Å². The number of fused-ring (bicyclic) bond motifs is 1. The maximum Gasteiger partial charge on any atom is 0.251 e. The van der Waals surface area contributed by atoms with Gasteiger partial charge in [0.1, 0.15) is 0 Å². The molecule has 0 spiro atoms. The lowest BCUT2D eigenvalue weighted by atomic mass is 10.1. The van der Waals surface area contributed by atoms with Crippen molar-refractivity contribution in [2.45, 2.75) is 19.4 Å². The monoisotopic (exact) mass is 233 g/mol. The lowest BCUT2D eigenvalue weighted by molar-refractivity contribution is -0.116. The zero-order valence-electron chi connectivity index (χ0n) is 9.83. The van der Waals surface area contributed by atoms with Crippen molar-refractivity contribution in [3.8, 4) is 0 Å². The van der Waals surface area contributed by atoms with Crippen LogP contribution in [0.25, 0.3) is 0 Å². The zero-order chi connectivity index (χ0) is 12.4. The highest BCUT2D eigenvalue weighted by atomic mass is 16.2. The van der Waals surface area contributed by atoms with E-state index < -0.39 is 0 Å². The molecule has 3 N–H and O–H groups in total. The first-order valence-corrected chi connectivity index (χ1v) is 5.52. The van der Waals surface area contributed by atoms with Crippen LogP contribution in [0, 0.1) is 0 Å². The average molecular weight is 233 g/mol. The van der Waals surface area contributed by atoms with E-state index in [9.17, 15) is 9.59 Å². The summed E-state index contributed by atoms with van der Waals surface area (Å²) in [5, 5.41) is 8.56. The smallest absolute Gasteiger partial charge is 0.251 e. The first-order chi connectivity index (χ1) is 8.10. The fourth-order valence-electron chi connectivity index (χ4n) is 1.85. The number of anilines is 2. The highest BCUT2D eigenvalue weighted by Crippen LogP contribution is 2.27. The van der Waals surface area contributed by atoms with E-state index in [-0.39, 0.29) is 17.9 Å². The molecule has 1 aromatic carbocycles. The summed E-state index contributed by atoms with van der Waals surface area (Å²) in [4.78, 5) is 23.0. The molecular formula is C12H15N3O2. The van der Waals surface area contributed by atoms with Gasteiger partial charge in [-0.2, -0.15) is 0 Å². The Morgan fingerprint density at radius 3 is 2.88 bits per heavy atom. The van der Waals surface area contributed by atoms with Crippen molar-refractivity contribution in [2.75, 3.05) is 17.7 Å². The number of nitrogens with one attached hydrogen (secondary N) is 3. The Balaban J connectivity index is 2.38. The van der Waals surface area contributed by atoms with Crippen LogP contribution in [0.5, 0.6) is 0 Å². The van der Waals surface area contributed by atoms with Gasteiger partial charge < -0.3 is 16.0 Å². The molecule has 1 aliphatic heterocycles. The number of carbonyl (C=O) groups is 2. The molecular weight excluding hydrogens is 218 g/mol. The topological polar surface area (TPSA) is 70.2 Å². The second-order valence-corrected chi connectivity index (χ2v) is 4.14. The molecule has 2 rings (SSSR count). The predicted octanol–water partition coefficient (Wildman–Crippen LogP) is 1.19. The van der Waals surface area contributed by atoms with Gasteiger partial charge in [-0.25, -0.2) is 0 Å². The Morgan fingerprint density at radius 2 is 2.18 bits per heavy atom. The first kappa shape index (κ1) is 11.4. The third kappa shape index (κ3) is 2.38. The number of hydrogen-bond donors (Lipinski definition) is 3. The molecule has 90 valence electrons. The SMILES string of the molecule is CNC(=O)c1ccc2c(c1)NC(=O)C[C@@H](C)N2. The van der Waals surface area contributed by atoms with E-state index in [2.05, 4.69) is 16.0 Å². The second-order valence-electron chi connectivity index (χ2n) is 4.14. The normalized spacial score (nSPS) is 18.5. The molecule has 0 unspecified atom stereocenters. The number of hydrogen-bond acceptors (Lipinski definition) is 3. The second kappa shape index (κ2) is 4.45. The Labute approximate surface area is 99.6 Å². The molecule has 0 aliphatic carbocycles. The Morgan fingerprint density at radius 1 is 1.41 bits per heavy atom. The number of amides is 2. The Hall–Kier alpha value is -2.04. The molecule has 0 saturated heterocycles. The summed E-state index contributed by atoms with van der Waals surface area (Å²) in [6.45, 7) is 1.95. The summed E-state index contributed by atoms with van der Waals surface area (Å²) in [5.41, 5.74) is 2.03. The fraction of sp³-hybridized carbons (Fsp3) is 0.333. The van der Waals surface area contributed by atoms with Gasteiger partial charge in [0.2, 0.25) is 5.91 Å². The van der Waals surface area contributed by atoms with Crippen molar-refractivity contribution in [1.82, 2.24) is 5.32 Å². The quantitative estimate of drug-likeness (QED) is 0.682. The summed E-state index contributed by atoms with van der Waals surface area (Å²) < 4.78 is 0. The minimum atomic E-state index is -0.167. The third-order valence-corrected chi connectivity index (χ3v) is 2.68. The molecule has 1 atom stereocenters. The molecule has 0 bridgehead atoms. The van der Waals surface area contributed by atoms with Crippen LogP contribution in [0.15, 0.2) is 18.2 Å². The molecule has 1 aromatic rings. The zero-order valence-corrected chi connectivity index (χ0v) is 9.83. The van der Waals surface area contributed by atoms with Crippen LogP contribution < -0.4 is 16.0 Å². The Kier molecular flexibility index (Phi) is 2.99. The molecule has 1 heterocycles. The summed E-state index contributed by atoms with van der Waals surface area (Å²) >= 11 is 0. The highest BCUT2D eigenvalue weighted by Gasteiger charge is 2.18. The van der Waals surface area contributed by atoms with Crippen LogP contribution in [0.3, 0.4) is 0 Å². The molecule has 0 radical (unpaired) electrons. The van der Waals surface area contributed by atoms with E-state index >= 15 is 0 Å². The van der Waals surface area contributed by atoms with E-state index in [0.717, 1.165) is 5.69 Å². The van der Waals surface area contributed by atoms with Crippen LogP contribution in [0.4, 0.5) is 11.4 Å². The van der Waals surface area contributed by atoms with Gasteiger partial charge >= 0.3 is 0 Å². The third-order valence-electron chi connectivity index (χ3n) is 2.68. The summed E-state index contributed by atoms with van der Waals surface area (Å²) in [7, 11) is 1.58. The van der Waals surface area contributed by atoms with Crippen LogP contribution in [0.2, 0.25) is 0 Å². The molecule has 0 fully saturated rings. The highest BCUT2D eigenvalue weighted by molar-refractivity contribution is 6.00. The van der Waals surface area contributed by atoms with Gasteiger partial charge in [-0.1, -0.05) is 0 Å². The molecule has 1 aliphatic rings. The molecule has 5 nitrogen and oxygen atoms in total. The molecule has 0 saturated carbocycles. The molecule has 0 aromatic heterocycles. The average Bonchev–Trinajstić information content (AvgIpc) is 2.43. The number of carbonyl (C=O) groups excluding carboxylic acids is 2. The van der Waals surface area contributed by atoms with Gasteiger partial charge in [-0.15, -0.1) is 0 Å². The Bertz CT molecular complexity index is 471.